The van der Waals surface area contributed by atoms with Crippen molar-refractivity contribution in [3.05, 3.63) is 11.8 Å². The Hall–Kier alpha value is -1.31. The highest BCUT2D eigenvalue weighted by Crippen LogP contribution is 2.61. The molecule has 2 unspecified atom stereocenters. The first-order valence-electron chi connectivity index (χ1n) is 9.06. The fourth-order valence-electron chi connectivity index (χ4n) is 4.53. The first-order chi connectivity index (χ1) is 13.4. The Morgan fingerprint density at radius 3 is 2.61 bits per heavy atom. The van der Waals surface area contributed by atoms with Crippen molar-refractivity contribution in [2.45, 2.75) is 55.1 Å². The van der Waals surface area contributed by atoms with Crippen molar-refractivity contribution >= 4 is 5.97 Å². The zero-order valence-electron chi connectivity index (χ0n) is 15.1. The van der Waals surface area contributed by atoms with E-state index < -0.39 is 61.1 Å². The summed E-state index contributed by atoms with van der Waals surface area (Å²) in [5.74, 6) is -1.51. The van der Waals surface area contributed by atoms with Gasteiger partial charge in [-0.15, -0.1) is 0 Å². The lowest BCUT2D eigenvalue weighted by molar-refractivity contribution is -0.344. The number of methoxy groups -OCH3 is 1. The van der Waals surface area contributed by atoms with E-state index in [9.17, 15) is 30.3 Å². The number of hydrogen-bond donors (Lipinski definition) is 5. The van der Waals surface area contributed by atoms with Gasteiger partial charge in [0.05, 0.1) is 44.2 Å². The molecular formula is C17H24O11. The van der Waals surface area contributed by atoms with Gasteiger partial charge in [-0.3, -0.25) is 0 Å². The van der Waals surface area contributed by atoms with Crippen LogP contribution in [0.15, 0.2) is 11.8 Å². The number of epoxide rings is 1. The number of aliphatic hydroxyl groups excluding tert-OH is 5. The molecule has 11 nitrogen and oxygen atoms in total. The molecule has 28 heavy (non-hydrogen) atoms. The van der Waals surface area contributed by atoms with Gasteiger partial charge in [-0.25, -0.2) is 4.79 Å². The lowest BCUT2D eigenvalue weighted by Gasteiger charge is -2.43. The van der Waals surface area contributed by atoms with Crippen molar-refractivity contribution in [1.82, 2.24) is 0 Å². The van der Waals surface area contributed by atoms with E-state index in [2.05, 4.69) is 0 Å². The Morgan fingerprint density at radius 2 is 1.96 bits per heavy atom. The zero-order valence-corrected chi connectivity index (χ0v) is 15.1. The minimum Gasteiger partial charge on any atom is -0.471 e. The Balaban J connectivity index is 1.57. The summed E-state index contributed by atoms with van der Waals surface area (Å²) < 4.78 is 27.1. The van der Waals surface area contributed by atoms with E-state index in [0.717, 1.165) is 0 Å². The van der Waals surface area contributed by atoms with Gasteiger partial charge in [-0.2, -0.15) is 0 Å². The molecule has 0 aromatic heterocycles. The molecule has 1 aliphatic carbocycles. The third-order valence-electron chi connectivity index (χ3n) is 6.12. The smallest absolute Gasteiger partial charge is 0.337 e. The molecule has 0 radical (unpaired) electrons. The van der Waals surface area contributed by atoms with Crippen LogP contribution in [0.3, 0.4) is 0 Å². The van der Waals surface area contributed by atoms with Crippen LogP contribution in [-0.2, 0) is 28.5 Å². The van der Waals surface area contributed by atoms with Crippen LogP contribution in [0.25, 0.3) is 0 Å². The van der Waals surface area contributed by atoms with Crippen LogP contribution < -0.4 is 0 Å². The normalized spacial score (nSPS) is 49.5. The molecule has 0 aromatic carbocycles. The van der Waals surface area contributed by atoms with Crippen LogP contribution in [0.4, 0.5) is 0 Å². The van der Waals surface area contributed by atoms with E-state index in [1.807, 2.05) is 0 Å². The molecular weight excluding hydrogens is 380 g/mol. The van der Waals surface area contributed by atoms with Gasteiger partial charge >= 0.3 is 5.97 Å². The monoisotopic (exact) mass is 404 g/mol. The largest absolute Gasteiger partial charge is 0.471 e. The van der Waals surface area contributed by atoms with Crippen LogP contribution >= 0.6 is 0 Å². The highest BCUT2D eigenvalue weighted by Gasteiger charge is 2.73. The molecule has 3 heterocycles. The van der Waals surface area contributed by atoms with Gasteiger partial charge in [-0.1, -0.05) is 0 Å². The summed E-state index contributed by atoms with van der Waals surface area (Å²) in [5.41, 5.74) is -0.651. The number of hydrogen-bond acceptors (Lipinski definition) is 11. The Labute approximate surface area is 160 Å². The Bertz CT molecular complexity index is 647. The summed E-state index contributed by atoms with van der Waals surface area (Å²) in [6.45, 7) is -0.911. The molecule has 5 N–H and O–H groups in total. The topological polar surface area (TPSA) is 168 Å². The van der Waals surface area contributed by atoms with Gasteiger partial charge in [0.25, 0.3) is 0 Å². The average molecular weight is 404 g/mol. The van der Waals surface area contributed by atoms with Crippen LogP contribution in [0.2, 0.25) is 0 Å². The zero-order chi connectivity index (χ0) is 20.2. The summed E-state index contributed by atoms with van der Waals surface area (Å²) in [7, 11) is 1.25. The quantitative estimate of drug-likeness (QED) is 0.234. The molecule has 4 aliphatic rings. The fraction of sp³-hybridized carbons (Fsp3) is 0.824. The third-order valence-corrected chi connectivity index (χ3v) is 6.12. The van der Waals surface area contributed by atoms with Crippen molar-refractivity contribution < 1.29 is 54.0 Å². The molecule has 158 valence electrons. The second-order valence-electron chi connectivity index (χ2n) is 7.49. The first-order valence-corrected chi connectivity index (χ1v) is 9.06. The van der Waals surface area contributed by atoms with E-state index in [-0.39, 0.29) is 18.6 Å². The molecule has 0 amide bonds. The minimum absolute atomic E-state index is 0.275. The van der Waals surface area contributed by atoms with Gasteiger partial charge in [-0.05, 0) is 6.42 Å². The van der Waals surface area contributed by atoms with Crippen LogP contribution in [0, 0.1) is 11.8 Å². The molecule has 0 bridgehead atoms. The van der Waals surface area contributed by atoms with E-state index in [4.69, 9.17) is 23.7 Å². The second kappa shape index (κ2) is 7.18. The standard InChI is InChI=1S/C17H24O11/c1-24-14(23)7-4-25-15(10-6(7)2-9-17(10,5-19)28-9)27-16-13(22)12(21)11(20)8(3-18)26-16/h4,6,8-13,15-16,18-22H,2-3,5H2,1H3/t6-,8-,9?,10-,11-,12+,13-,15+,16+,17?/m1/s1. The molecule has 2 saturated heterocycles. The molecule has 10 atom stereocenters. The number of carbonyl (C=O) groups is 1. The molecule has 4 rings (SSSR count). The molecule has 0 aromatic rings. The van der Waals surface area contributed by atoms with E-state index >= 15 is 0 Å². The summed E-state index contributed by atoms with van der Waals surface area (Å²) in [5, 5.41) is 49.2. The SMILES string of the molecule is COC(=O)C1=CO[C@@H](O[C@@H]2O[C@H](CO)[C@@H](O)[C@H](O)[C@H]2O)[C@H]2[C@@H]1CC1OC12CO. The number of esters is 1. The number of aliphatic hydroxyl groups is 5. The molecule has 3 aliphatic heterocycles. The van der Waals surface area contributed by atoms with E-state index in [1.54, 1.807) is 0 Å². The average Bonchev–Trinajstić information content (AvgIpc) is 3.32. The van der Waals surface area contributed by atoms with Gasteiger partial charge in [0.1, 0.15) is 30.0 Å². The summed E-state index contributed by atoms with van der Waals surface area (Å²) >= 11 is 0. The maximum atomic E-state index is 12.1. The van der Waals surface area contributed by atoms with E-state index in [1.165, 1.54) is 13.4 Å². The van der Waals surface area contributed by atoms with E-state index in [0.29, 0.717) is 12.0 Å². The Morgan fingerprint density at radius 1 is 1.21 bits per heavy atom. The molecule has 3 fully saturated rings. The maximum absolute atomic E-state index is 12.1. The lowest BCUT2D eigenvalue weighted by atomic mass is 9.81. The van der Waals surface area contributed by atoms with Gasteiger partial charge in [0.2, 0.25) is 6.29 Å². The molecule has 11 heteroatoms. The third kappa shape index (κ3) is 2.85. The van der Waals surface area contributed by atoms with Crippen LogP contribution in [0.1, 0.15) is 6.42 Å². The highest BCUT2D eigenvalue weighted by molar-refractivity contribution is 5.89. The number of fused-ring (bicyclic) bond motifs is 3. The number of carbonyl (C=O) groups excluding carboxylic acids is 1. The van der Waals surface area contributed by atoms with Gasteiger partial charge in [0, 0.05) is 5.92 Å². The minimum atomic E-state index is -1.60. The van der Waals surface area contributed by atoms with Crippen molar-refractivity contribution in [3.8, 4) is 0 Å². The molecule has 1 saturated carbocycles. The van der Waals surface area contributed by atoms with Crippen molar-refractivity contribution in [2.75, 3.05) is 20.3 Å². The lowest BCUT2D eigenvalue weighted by Crippen LogP contribution is -2.60. The van der Waals surface area contributed by atoms with Crippen LogP contribution in [-0.4, -0.2) is 101 Å². The summed E-state index contributed by atoms with van der Waals surface area (Å²) in [6, 6.07) is 0. The van der Waals surface area contributed by atoms with Gasteiger partial charge < -0.3 is 49.2 Å². The second-order valence-corrected chi connectivity index (χ2v) is 7.49. The predicted octanol–water partition coefficient (Wildman–Crippen LogP) is -3.02. The fourth-order valence-corrected chi connectivity index (χ4v) is 4.53. The number of rotatable bonds is 5. The maximum Gasteiger partial charge on any atom is 0.337 e. The van der Waals surface area contributed by atoms with Gasteiger partial charge in [0.15, 0.2) is 6.29 Å². The van der Waals surface area contributed by atoms with Crippen LogP contribution in [0.5, 0.6) is 0 Å². The van der Waals surface area contributed by atoms with Crippen molar-refractivity contribution in [2.24, 2.45) is 11.8 Å². The summed E-state index contributed by atoms with van der Waals surface area (Å²) in [4.78, 5) is 12.1. The first kappa shape index (κ1) is 20.0. The van der Waals surface area contributed by atoms with Crippen molar-refractivity contribution in [3.63, 3.8) is 0 Å². The number of ether oxygens (including phenoxy) is 5. The predicted molar refractivity (Wildman–Crippen MR) is 86.1 cm³/mol. The molecule has 0 spiro atoms. The highest BCUT2D eigenvalue weighted by atomic mass is 16.8. The Kier molecular flexibility index (Phi) is 5.13. The summed E-state index contributed by atoms with van der Waals surface area (Å²) in [6.07, 6.45) is -6.93. The van der Waals surface area contributed by atoms with Crippen molar-refractivity contribution in [1.29, 1.82) is 0 Å².